The maximum atomic E-state index is 12.9. The summed E-state index contributed by atoms with van der Waals surface area (Å²) in [5.41, 5.74) is 2.35. The molecular weight excluding hydrogens is 314 g/mol. The summed E-state index contributed by atoms with van der Waals surface area (Å²) in [4.78, 5) is 11.1. The molecule has 6 heteroatoms. The van der Waals surface area contributed by atoms with E-state index in [-0.39, 0.29) is 17.0 Å². The molecule has 0 aliphatic heterocycles. The molecule has 0 bridgehead atoms. The Hall–Kier alpha value is -2.34. The summed E-state index contributed by atoms with van der Waals surface area (Å²) in [6, 6.07) is 11.0. The fourth-order valence-corrected chi connectivity index (χ4v) is 3.95. The Morgan fingerprint density at radius 3 is 2.43 bits per heavy atom. The smallest absolute Gasteiger partial charge is 0.335 e. The molecule has 0 heterocycles. The molecular formula is C17H19NO4S. The highest BCUT2D eigenvalue weighted by Crippen LogP contribution is 2.28. The van der Waals surface area contributed by atoms with Gasteiger partial charge < -0.3 is 5.11 Å². The second-order valence-electron chi connectivity index (χ2n) is 5.29. The van der Waals surface area contributed by atoms with Gasteiger partial charge in [-0.3, -0.25) is 4.31 Å². The summed E-state index contributed by atoms with van der Waals surface area (Å²) < 4.78 is 27.2. The van der Waals surface area contributed by atoms with Crippen LogP contribution in [0.25, 0.3) is 0 Å². The van der Waals surface area contributed by atoms with Gasteiger partial charge in [-0.25, -0.2) is 13.2 Å². The van der Waals surface area contributed by atoms with Gasteiger partial charge >= 0.3 is 5.97 Å². The van der Waals surface area contributed by atoms with E-state index in [4.69, 9.17) is 5.11 Å². The molecule has 2 aromatic carbocycles. The number of aryl methyl sites for hydroxylation is 2. The van der Waals surface area contributed by atoms with E-state index in [2.05, 4.69) is 0 Å². The third kappa shape index (κ3) is 3.37. The minimum absolute atomic E-state index is 0.0276. The minimum Gasteiger partial charge on any atom is -0.478 e. The minimum atomic E-state index is -3.83. The van der Waals surface area contributed by atoms with Crippen LogP contribution in [0.15, 0.2) is 47.4 Å². The Bertz CT molecular complexity index is 843. The van der Waals surface area contributed by atoms with Crippen LogP contribution in [-0.4, -0.2) is 26.0 Å². The molecule has 5 nitrogen and oxygen atoms in total. The summed E-state index contributed by atoms with van der Waals surface area (Å²) >= 11 is 0. The van der Waals surface area contributed by atoms with Crippen molar-refractivity contribution >= 4 is 21.7 Å². The number of rotatable bonds is 5. The molecule has 0 amide bonds. The number of nitrogens with zero attached hydrogens (tertiary/aromatic N) is 1. The molecule has 0 saturated heterocycles. The Balaban J connectivity index is 2.58. The highest BCUT2D eigenvalue weighted by molar-refractivity contribution is 7.92. The lowest BCUT2D eigenvalue weighted by Crippen LogP contribution is -2.31. The van der Waals surface area contributed by atoms with Crippen LogP contribution in [0.4, 0.5) is 5.69 Å². The van der Waals surface area contributed by atoms with Gasteiger partial charge in [-0.2, -0.15) is 0 Å². The third-order valence-corrected chi connectivity index (χ3v) is 5.47. The lowest BCUT2D eigenvalue weighted by molar-refractivity contribution is 0.0696. The number of hydrogen-bond acceptors (Lipinski definition) is 3. The van der Waals surface area contributed by atoms with Crippen molar-refractivity contribution in [3.63, 3.8) is 0 Å². The highest BCUT2D eigenvalue weighted by atomic mass is 32.2. The van der Waals surface area contributed by atoms with E-state index >= 15 is 0 Å². The normalized spacial score (nSPS) is 11.3. The van der Waals surface area contributed by atoms with E-state index < -0.39 is 16.0 Å². The van der Waals surface area contributed by atoms with E-state index in [1.165, 1.54) is 28.6 Å². The van der Waals surface area contributed by atoms with Crippen LogP contribution in [0.5, 0.6) is 0 Å². The summed E-state index contributed by atoms with van der Waals surface area (Å²) in [6.07, 6.45) is 0. The van der Waals surface area contributed by atoms with Crippen molar-refractivity contribution < 1.29 is 18.3 Å². The highest BCUT2D eigenvalue weighted by Gasteiger charge is 2.25. The predicted octanol–water partition coefficient (Wildman–Crippen LogP) is 3.22. The van der Waals surface area contributed by atoms with Crippen LogP contribution < -0.4 is 4.31 Å². The molecule has 0 saturated carbocycles. The Kier molecular flexibility index (Phi) is 4.75. The number of aromatic carboxylic acids is 1. The fourth-order valence-electron chi connectivity index (χ4n) is 2.37. The predicted molar refractivity (Wildman–Crippen MR) is 89.5 cm³/mol. The number of anilines is 1. The molecule has 0 aromatic heterocycles. The van der Waals surface area contributed by atoms with Crippen molar-refractivity contribution in [3.05, 3.63) is 59.2 Å². The lowest BCUT2D eigenvalue weighted by atomic mass is 10.1. The summed E-state index contributed by atoms with van der Waals surface area (Å²) in [5.74, 6) is -1.16. The van der Waals surface area contributed by atoms with Crippen LogP contribution >= 0.6 is 0 Å². The van der Waals surface area contributed by atoms with E-state index in [0.29, 0.717) is 5.69 Å². The molecule has 0 aliphatic carbocycles. The number of sulfonamides is 1. The average molecular weight is 333 g/mol. The standard InChI is InChI=1S/C17H19NO4S/c1-4-18(16-10-12(2)8-9-13(16)3)23(21,22)15-7-5-6-14(11-15)17(19)20/h5-11H,4H2,1-3H3,(H,19,20). The van der Waals surface area contributed by atoms with E-state index in [1.54, 1.807) is 6.92 Å². The molecule has 2 aromatic rings. The Morgan fingerprint density at radius 2 is 1.83 bits per heavy atom. The zero-order valence-electron chi connectivity index (χ0n) is 13.3. The monoisotopic (exact) mass is 333 g/mol. The van der Waals surface area contributed by atoms with Gasteiger partial charge in [0.2, 0.25) is 0 Å². The molecule has 1 N–H and O–H groups in total. The van der Waals surface area contributed by atoms with Gasteiger partial charge in [-0.1, -0.05) is 18.2 Å². The first-order valence-electron chi connectivity index (χ1n) is 7.20. The fraction of sp³-hybridized carbons (Fsp3) is 0.235. The first-order valence-corrected chi connectivity index (χ1v) is 8.64. The maximum Gasteiger partial charge on any atom is 0.335 e. The van der Waals surface area contributed by atoms with Crippen molar-refractivity contribution in [2.45, 2.75) is 25.7 Å². The summed E-state index contributed by atoms with van der Waals surface area (Å²) in [6.45, 7) is 5.75. The molecule has 2 rings (SSSR count). The molecule has 0 fully saturated rings. The van der Waals surface area contributed by atoms with Crippen LogP contribution in [0.2, 0.25) is 0 Å². The van der Waals surface area contributed by atoms with Crippen LogP contribution in [0, 0.1) is 13.8 Å². The van der Waals surface area contributed by atoms with E-state index in [0.717, 1.165) is 11.1 Å². The van der Waals surface area contributed by atoms with Crippen LogP contribution in [0.1, 0.15) is 28.4 Å². The zero-order chi connectivity index (χ0) is 17.2. The van der Waals surface area contributed by atoms with Gasteiger partial charge in [0.1, 0.15) is 0 Å². The Labute approximate surface area is 136 Å². The first-order chi connectivity index (χ1) is 10.8. The summed E-state index contributed by atoms with van der Waals surface area (Å²) in [5, 5.41) is 9.06. The average Bonchev–Trinajstić information content (AvgIpc) is 2.51. The van der Waals surface area contributed by atoms with Crippen molar-refractivity contribution in [2.75, 3.05) is 10.8 Å². The summed E-state index contributed by atoms with van der Waals surface area (Å²) in [7, 11) is -3.83. The largest absolute Gasteiger partial charge is 0.478 e. The van der Waals surface area contributed by atoms with Crippen LogP contribution in [-0.2, 0) is 10.0 Å². The number of carboxylic acids is 1. The van der Waals surface area contributed by atoms with Gasteiger partial charge in [0.15, 0.2) is 0 Å². The number of hydrogen-bond donors (Lipinski definition) is 1. The van der Waals surface area contributed by atoms with Crippen molar-refractivity contribution in [1.29, 1.82) is 0 Å². The zero-order valence-corrected chi connectivity index (χ0v) is 14.1. The number of carboxylic acid groups (broad SMARTS) is 1. The maximum absolute atomic E-state index is 12.9. The molecule has 122 valence electrons. The van der Waals surface area contributed by atoms with Crippen molar-refractivity contribution in [2.24, 2.45) is 0 Å². The van der Waals surface area contributed by atoms with Crippen molar-refractivity contribution in [3.8, 4) is 0 Å². The van der Waals surface area contributed by atoms with Gasteiger partial charge in [0, 0.05) is 6.54 Å². The quantitative estimate of drug-likeness (QED) is 0.911. The number of carbonyl (C=O) groups is 1. The van der Waals surface area contributed by atoms with Gasteiger partial charge in [0.05, 0.1) is 16.1 Å². The topological polar surface area (TPSA) is 74.7 Å². The van der Waals surface area contributed by atoms with E-state index in [9.17, 15) is 13.2 Å². The van der Waals surface area contributed by atoms with Gasteiger partial charge in [-0.15, -0.1) is 0 Å². The van der Waals surface area contributed by atoms with Crippen LogP contribution in [0.3, 0.4) is 0 Å². The Morgan fingerprint density at radius 1 is 1.13 bits per heavy atom. The van der Waals surface area contributed by atoms with Crippen molar-refractivity contribution in [1.82, 2.24) is 0 Å². The second kappa shape index (κ2) is 6.42. The van der Waals surface area contributed by atoms with E-state index in [1.807, 2.05) is 32.0 Å². The molecule has 0 unspecified atom stereocenters. The number of benzene rings is 2. The third-order valence-electron chi connectivity index (χ3n) is 3.59. The second-order valence-corrected chi connectivity index (χ2v) is 7.16. The molecule has 0 aliphatic rings. The first kappa shape index (κ1) is 17.0. The lowest BCUT2D eigenvalue weighted by Gasteiger charge is -2.25. The molecule has 23 heavy (non-hydrogen) atoms. The van der Waals surface area contributed by atoms with Gasteiger partial charge in [-0.05, 0) is 56.2 Å². The molecule has 0 atom stereocenters. The molecule has 0 spiro atoms. The molecule has 0 radical (unpaired) electrons. The van der Waals surface area contributed by atoms with Gasteiger partial charge in [0.25, 0.3) is 10.0 Å². The SMILES string of the molecule is CCN(c1cc(C)ccc1C)S(=O)(=O)c1cccc(C(=O)O)c1.